The normalized spacial score (nSPS) is 29.0. The van der Waals surface area contributed by atoms with E-state index >= 15 is 0 Å². The molecule has 0 aliphatic carbocycles. The second-order valence-electron chi connectivity index (χ2n) is 11.6. The molecule has 2 amide bonds. The third-order valence-electron chi connectivity index (χ3n) is 8.41. The number of ether oxygens (including phenoxy) is 2. The Morgan fingerprint density at radius 2 is 2.07 bits per heavy atom. The van der Waals surface area contributed by atoms with Gasteiger partial charge in [0.25, 0.3) is 5.91 Å². The summed E-state index contributed by atoms with van der Waals surface area (Å²) in [4.78, 5) is 45.4. The molecule has 0 aromatic heterocycles. The lowest BCUT2D eigenvalue weighted by molar-refractivity contribution is -0.155. The molecule has 1 N–H and O–H groups in total. The van der Waals surface area contributed by atoms with Crippen LogP contribution in [0.15, 0.2) is 43.5 Å². The van der Waals surface area contributed by atoms with Gasteiger partial charge in [0.1, 0.15) is 11.6 Å². The highest BCUT2D eigenvalue weighted by Gasteiger charge is 2.77. The number of allylic oxidation sites excluding steroid dienone is 1. The number of nitrogens with zero attached hydrogens (tertiary/aromatic N) is 2. The number of likely N-dealkylation sites (tertiary alicyclic amines) is 1. The fraction of sp³-hybridized carbons (Fsp3) is 0.581. The first-order chi connectivity index (χ1) is 19.5. The Bertz CT molecular complexity index is 1170. The zero-order valence-electron chi connectivity index (χ0n) is 23.9. The number of aryl methyl sites for hydroxylation is 1. The van der Waals surface area contributed by atoms with Crippen LogP contribution in [0.2, 0.25) is 5.02 Å². The zero-order valence-corrected chi connectivity index (χ0v) is 26.3. The Morgan fingerprint density at radius 1 is 1.34 bits per heavy atom. The second kappa shape index (κ2) is 13.0. The third kappa shape index (κ3) is 5.63. The molecule has 41 heavy (non-hydrogen) atoms. The molecule has 224 valence electrons. The number of halogens is 2. The maximum absolute atomic E-state index is 14.8. The summed E-state index contributed by atoms with van der Waals surface area (Å²) in [6, 6.07) is 3.66. The van der Waals surface area contributed by atoms with Gasteiger partial charge in [0.05, 0.1) is 47.9 Å². The highest BCUT2D eigenvalue weighted by atomic mass is 79.9. The summed E-state index contributed by atoms with van der Waals surface area (Å²) in [7, 11) is 0. The Morgan fingerprint density at radius 3 is 2.68 bits per heavy atom. The van der Waals surface area contributed by atoms with Crippen molar-refractivity contribution in [3.8, 4) is 0 Å². The van der Waals surface area contributed by atoms with Crippen molar-refractivity contribution >= 4 is 51.0 Å². The maximum atomic E-state index is 14.8. The number of hydrogen-bond donors (Lipinski definition) is 1. The summed E-state index contributed by atoms with van der Waals surface area (Å²) < 4.78 is 12.2. The van der Waals surface area contributed by atoms with Crippen molar-refractivity contribution in [3.63, 3.8) is 0 Å². The van der Waals surface area contributed by atoms with Crippen molar-refractivity contribution in [2.24, 2.45) is 17.8 Å². The number of para-hydroxylation sites is 1. The molecule has 0 radical (unpaired) electrons. The van der Waals surface area contributed by atoms with Crippen LogP contribution in [0, 0.1) is 24.7 Å². The molecule has 0 saturated carbocycles. The van der Waals surface area contributed by atoms with Gasteiger partial charge in [-0.05, 0) is 50.2 Å². The van der Waals surface area contributed by atoms with E-state index in [1.54, 1.807) is 18.2 Å². The van der Waals surface area contributed by atoms with Crippen LogP contribution in [0.25, 0.3) is 0 Å². The van der Waals surface area contributed by atoms with E-state index in [-0.39, 0.29) is 42.3 Å². The van der Waals surface area contributed by atoms with E-state index < -0.39 is 41.6 Å². The molecule has 3 aliphatic heterocycles. The molecule has 7 atom stereocenters. The number of hydrogen-bond acceptors (Lipinski definition) is 6. The molecule has 1 aromatic rings. The number of esters is 1. The van der Waals surface area contributed by atoms with Crippen LogP contribution in [0.1, 0.15) is 45.1 Å². The number of rotatable bonds is 13. The van der Waals surface area contributed by atoms with Gasteiger partial charge in [-0.1, -0.05) is 65.7 Å². The number of anilines is 1. The van der Waals surface area contributed by atoms with Crippen LogP contribution in [-0.2, 0) is 23.9 Å². The van der Waals surface area contributed by atoms with Crippen molar-refractivity contribution < 1.29 is 29.0 Å². The number of fused-ring (bicyclic) bond motifs is 1. The van der Waals surface area contributed by atoms with E-state index in [1.807, 2.05) is 32.9 Å². The van der Waals surface area contributed by atoms with Gasteiger partial charge in [0.15, 0.2) is 0 Å². The largest absolute Gasteiger partial charge is 0.465 e. The lowest BCUT2D eigenvalue weighted by atomic mass is 9.70. The van der Waals surface area contributed by atoms with Gasteiger partial charge in [-0.15, -0.1) is 13.2 Å². The number of carbonyl (C=O) groups is 3. The quantitative estimate of drug-likeness (QED) is 0.142. The van der Waals surface area contributed by atoms with Crippen LogP contribution in [0.4, 0.5) is 5.69 Å². The van der Waals surface area contributed by atoms with E-state index in [9.17, 15) is 19.5 Å². The zero-order chi connectivity index (χ0) is 30.1. The van der Waals surface area contributed by atoms with Crippen molar-refractivity contribution in [1.82, 2.24) is 4.90 Å². The number of aliphatic hydroxyl groups excluding tert-OH is 1. The second-order valence-corrected chi connectivity index (χ2v) is 13.2. The molecule has 3 heterocycles. The van der Waals surface area contributed by atoms with Crippen molar-refractivity contribution in [2.45, 2.75) is 75.1 Å². The van der Waals surface area contributed by atoms with Gasteiger partial charge in [-0.3, -0.25) is 14.4 Å². The fourth-order valence-corrected chi connectivity index (χ4v) is 8.13. The lowest BCUT2D eigenvalue weighted by Gasteiger charge is -2.40. The minimum Gasteiger partial charge on any atom is -0.465 e. The molecule has 3 fully saturated rings. The number of amides is 2. The average Bonchev–Trinajstić information content (AvgIpc) is 3.52. The molecule has 8 nitrogen and oxygen atoms in total. The number of benzene rings is 1. The van der Waals surface area contributed by atoms with Crippen LogP contribution in [0.3, 0.4) is 0 Å². The van der Waals surface area contributed by atoms with E-state index in [4.69, 9.17) is 21.1 Å². The Hall–Kier alpha value is -2.20. The minimum atomic E-state index is -1.28. The minimum absolute atomic E-state index is 0.135. The predicted molar refractivity (Wildman–Crippen MR) is 162 cm³/mol. The van der Waals surface area contributed by atoms with Gasteiger partial charge in [-0.2, -0.15) is 0 Å². The smallest absolute Gasteiger partial charge is 0.312 e. The van der Waals surface area contributed by atoms with Crippen LogP contribution >= 0.6 is 27.5 Å². The number of carbonyl (C=O) groups excluding carboxylic acids is 3. The monoisotopic (exact) mass is 650 g/mol. The summed E-state index contributed by atoms with van der Waals surface area (Å²) in [6.45, 7) is 13.4. The van der Waals surface area contributed by atoms with Gasteiger partial charge in [0.2, 0.25) is 5.91 Å². The molecule has 3 aliphatic rings. The van der Waals surface area contributed by atoms with E-state index in [0.717, 1.165) is 5.56 Å². The third-order valence-corrected chi connectivity index (χ3v) is 9.56. The SMILES string of the molecule is C=CCCCOC(=O)[C@H]1[C@@H]2OC3(CC2Br)C(C(=O)N(CC=C)c2c(C)cccc2Cl)N([C@@H](CO)CC(C)C)C(=O)[C@H]13. The molecule has 4 rings (SSSR count). The molecule has 1 spiro atoms. The summed E-state index contributed by atoms with van der Waals surface area (Å²) in [6.07, 6.45) is 4.88. The van der Waals surface area contributed by atoms with Gasteiger partial charge < -0.3 is 24.4 Å². The predicted octanol–water partition coefficient (Wildman–Crippen LogP) is 4.83. The molecular weight excluding hydrogens is 612 g/mol. The first-order valence-corrected chi connectivity index (χ1v) is 15.5. The number of alkyl halides is 1. The summed E-state index contributed by atoms with van der Waals surface area (Å²) in [5.74, 6) is -2.92. The van der Waals surface area contributed by atoms with Gasteiger partial charge in [-0.25, -0.2) is 0 Å². The topological polar surface area (TPSA) is 96.4 Å². The molecule has 10 heteroatoms. The van der Waals surface area contributed by atoms with E-state index in [1.165, 1.54) is 9.80 Å². The van der Waals surface area contributed by atoms with Crippen molar-refractivity contribution in [2.75, 3.05) is 24.7 Å². The van der Waals surface area contributed by atoms with E-state index in [0.29, 0.717) is 36.4 Å². The maximum Gasteiger partial charge on any atom is 0.312 e. The highest BCUT2D eigenvalue weighted by Crippen LogP contribution is 2.61. The summed E-state index contributed by atoms with van der Waals surface area (Å²) >= 11 is 10.3. The standard InChI is InChI=1S/C31H40BrClN2O6/c1-6-8-9-14-40-30(39)23-24-28(37)35(20(17-36)15-18(3)4)27(31(24)16-21(32)26(23)41-31)29(38)34(13-7-2)25-19(5)11-10-12-22(25)33/h6-7,10-12,18,20-21,23-24,26-27,36H,1-2,8-9,13-17H2,3-5H3/t20-,21?,23-,24+,26-,27?,31?/m1/s1. The molecule has 1 aromatic carbocycles. The van der Waals surface area contributed by atoms with Crippen molar-refractivity contribution in [3.05, 3.63) is 54.1 Å². The number of aliphatic hydroxyl groups is 1. The van der Waals surface area contributed by atoms with E-state index in [2.05, 4.69) is 29.1 Å². The highest BCUT2D eigenvalue weighted by molar-refractivity contribution is 9.09. The first kappa shape index (κ1) is 31.7. The average molecular weight is 652 g/mol. The Balaban J connectivity index is 1.82. The van der Waals surface area contributed by atoms with Crippen molar-refractivity contribution in [1.29, 1.82) is 0 Å². The lowest BCUT2D eigenvalue weighted by Crippen LogP contribution is -2.59. The summed E-state index contributed by atoms with van der Waals surface area (Å²) in [5.41, 5.74) is 0.0305. The molecule has 2 bridgehead atoms. The number of unbranched alkanes of at least 4 members (excludes halogenated alkanes) is 1. The van der Waals surface area contributed by atoms with Gasteiger partial charge in [0, 0.05) is 11.4 Å². The molecule has 3 unspecified atom stereocenters. The molecule has 3 saturated heterocycles. The van der Waals surface area contributed by atoms with Crippen LogP contribution < -0.4 is 4.90 Å². The van der Waals surface area contributed by atoms with Crippen LogP contribution in [-0.4, -0.2) is 76.2 Å². The first-order valence-electron chi connectivity index (χ1n) is 14.2. The summed E-state index contributed by atoms with van der Waals surface area (Å²) in [5, 5.41) is 10.9. The Labute approximate surface area is 255 Å². The molecular formula is C31H40BrClN2O6. The van der Waals surface area contributed by atoms with Gasteiger partial charge >= 0.3 is 5.97 Å². The Kier molecular flexibility index (Phi) is 10.0. The fourth-order valence-electron chi connectivity index (χ4n) is 6.86. The van der Waals surface area contributed by atoms with Crippen LogP contribution in [0.5, 0.6) is 0 Å².